The highest BCUT2D eigenvalue weighted by Gasteiger charge is 2.25. The standard InChI is InChI=1S/C17H26N2O3/c1-21-9-10-22-16-8-3-2-5-14(16)12-19-17(20)11-13-6-4-7-15(13)18/h2-3,5,8,13,15H,4,6-7,9-12,18H2,1H3,(H,19,20)/t13-,15+/m0/s1. The smallest absolute Gasteiger partial charge is 0.220 e. The second kappa shape index (κ2) is 8.76. The molecule has 2 atom stereocenters. The molecule has 0 bridgehead atoms. The number of methoxy groups -OCH3 is 1. The minimum absolute atomic E-state index is 0.0639. The molecule has 1 aromatic rings. The van der Waals surface area contributed by atoms with Crippen molar-refractivity contribution >= 4 is 5.91 Å². The first-order chi connectivity index (χ1) is 10.7. The highest BCUT2D eigenvalue weighted by atomic mass is 16.5. The second-order valence-corrected chi connectivity index (χ2v) is 5.78. The van der Waals surface area contributed by atoms with Crippen LogP contribution in [-0.4, -0.2) is 32.3 Å². The summed E-state index contributed by atoms with van der Waals surface area (Å²) >= 11 is 0. The van der Waals surface area contributed by atoms with Gasteiger partial charge < -0.3 is 20.5 Å². The zero-order chi connectivity index (χ0) is 15.8. The predicted octanol–water partition coefficient (Wildman–Crippen LogP) is 1.85. The third-order valence-corrected chi connectivity index (χ3v) is 4.16. The van der Waals surface area contributed by atoms with Gasteiger partial charge in [0, 0.05) is 31.7 Å². The van der Waals surface area contributed by atoms with Crippen molar-refractivity contribution in [1.82, 2.24) is 5.32 Å². The molecule has 3 N–H and O–H groups in total. The van der Waals surface area contributed by atoms with Crippen LogP contribution in [0.1, 0.15) is 31.2 Å². The first-order valence-corrected chi connectivity index (χ1v) is 7.92. The van der Waals surface area contributed by atoms with Gasteiger partial charge in [0.25, 0.3) is 0 Å². The topological polar surface area (TPSA) is 73.6 Å². The minimum atomic E-state index is 0.0639. The van der Waals surface area contributed by atoms with Crippen molar-refractivity contribution in [3.63, 3.8) is 0 Å². The Labute approximate surface area is 132 Å². The van der Waals surface area contributed by atoms with Crippen molar-refractivity contribution in [2.24, 2.45) is 11.7 Å². The number of carbonyl (C=O) groups excluding carboxylic acids is 1. The van der Waals surface area contributed by atoms with E-state index in [-0.39, 0.29) is 11.9 Å². The van der Waals surface area contributed by atoms with Crippen LogP contribution < -0.4 is 15.8 Å². The zero-order valence-electron chi connectivity index (χ0n) is 13.2. The summed E-state index contributed by atoms with van der Waals surface area (Å²) in [5.74, 6) is 1.18. The number of para-hydroxylation sites is 1. The van der Waals surface area contributed by atoms with Gasteiger partial charge in [0.05, 0.1) is 6.61 Å². The average Bonchev–Trinajstić information content (AvgIpc) is 2.92. The maximum atomic E-state index is 12.1. The molecule has 1 saturated carbocycles. The maximum Gasteiger partial charge on any atom is 0.220 e. The molecule has 1 aliphatic rings. The minimum Gasteiger partial charge on any atom is -0.491 e. The molecule has 1 aromatic carbocycles. The number of rotatable bonds is 8. The Bertz CT molecular complexity index is 479. The lowest BCUT2D eigenvalue weighted by atomic mass is 10.00. The fraction of sp³-hybridized carbons (Fsp3) is 0.588. The van der Waals surface area contributed by atoms with Crippen molar-refractivity contribution < 1.29 is 14.3 Å². The molecule has 0 heterocycles. The van der Waals surface area contributed by atoms with Crippen molar-refractivity contribution in [3.8, 4) is 5.75 Å². The molecule has 0 aromatic heterocycles. The van der Waals surface area contributed by atoms with E-state index >= 15 is 0 Å². The van der Waals surface area contributed by atoms with Gasteiger partial charge in [0.15, 0.2) is 0 Å². The summed E-state index contributed by atoms with van der Waals surface area (Å²) in [7, 11) is 1.64. The largest absolute Gasteiger partial charge is 0.491 e. The van der Waals surface area contributed by atoms with Crippen molar-refractivity contribution in [3.05, 3.63) is 29.8 Å². The molecule has 1 aliphatic carbocycles. The van der Waals surface area contributed by atoms with Gasteiger partial charge in [-0.15, -0.1) is 0 Å². The Morgan fingerprint density at radius 1 is 1.32 bits per heavy atom. The van der Waals surface area contributed by atoms with Gasteiger partial charge in [0.1, 0.15) is 12.4 Å². The number of benzene rings is 1. The Morgan fingerprint density at radius 2 is 2.14 bits per heavy atom. The van der Waals surface area contributed by atoms with Gasteiger partial charge in [-0.25, -0.2) is 0 Å². The Hall–Kier alpha value is -1.59. The summed E-state index contributed by atoms with van der Waals surface area (Å²) in [5.41, 5.74) is 6.99. The third-order valence-electron chi connectivity index (χ3n) is 4.16. The van der Waals surface area contributed by atoms with Crippen LogP contribution in [0.15, 0.2) is 24.3 Å². The van der Waals surface area contributed by atoms with E-state index < -0.39 is 0 Å². The van der Waals surface area contributed by atoms with E-state index in [0.29, 0.717) is 32.1 Å². The number of nitrogens with one attached hydrogen (secondary N) is 1. The zero-order valence-corrected chi connectivity index (χ0v) is 13.2. The van der Waals surface area contributed by atoms with Crippen LogP contribution in [-0.2, 0) is 16.1 Å². The first kappa shape index (κ1) is 16.8. The van der Waals surface area contributed by atoms with Gasteiger partial charge in [0.2, 0.25) is 5.91 Å². The van der Waals surface area contributed by atoms with Crippen LogP contribution in [0.25, 0.3) is 0 Å². The molecule has 22 heavy (non-hydrogen) atoms. The van der Waals surface area contributed by atoms with E-state index in [4.69, 9.17) is 15.2 Å². The summed E-state index contributed by atoms with van der Waals surface area (Å²) in [4.78, 5) is 12.1. The molecule has 122 valence electrons. The number of ether oxygens (including phenoxy) is 2. The Balaban J connectivity index is 1.81. The first-order valence-electron chi connectivity index (χ1n) is 7.92. The summed E-state index contributed by atoms with van der Waals surface area (Å²) in [5, 5.41) is 2.97. The Morgan fingerprint density at radius 3 is 2.86 bits per heavy atom. The average molecular weight is 306 g/mol. The van der Waals surface area contributed by atoms with Crippen LogP contribution in [0.2, 0.25) is 0 Å². The lowest BCUT2D eigenvalue weighted by molar-refractivity contribution is -0.122. The molecular weight excluding hydrogens is 280 g/mol. The number of amides is 1. The normalized spacial score (nSPS) is 20.8. The number of hydrogen-bond acceptors (Lipinski definition) is 4. The van der Waals surface area contributed by atoms with Crippen molar-refractivity contribution in [2.45, 2.75) is 38.3 Å². The summed E-state index contributed by atoms with van der Waals surface area (Å²) in [6.07, 6.45) is 3.75. The molecule has 1 amide bonds. The second-order valence-electron chi connectivity index (χ2n) is 5.78. The SMILES string of the molecule is COCCOc1ccccc1CNC(=O)C[C@@H]1CCC[C@H]1N. The lowest BCUT2D eigenvalue weighted by Gasteiger charge is -2.16. The maximum absolute atomic E-state index is 12.1. The van der Waals surface area contributed by atoms with Crippen LogP contribution >= 0.6 is 0 Å². The number of hydrogen-bond donors (Lipinski definition) is 2. The van der Waals surface area contributed by atoms with E-state index in [2.05, 4.69) is 5.32 Å². The number of carbonyl (C=O) groups is 1. The van der Waals surface area contributed by atoms with Gasteiger partial charge >= 0.3 is 0 Å². The quantitative estimate of drug-likeness (QED) is 0.719. The van der Waals surface area contributed by atoms with Crippen molar-refractivity contribution in [1.29, 1.82) is 0 Å². The fourth-order valence-corrected chi connectivity index (χ4v) is 2.85. The summed E-state index contributed by atoms with van der Waals surface area (Å²) < 4.78 is 10.6. The molecule has 5 nitrogen and oxygen atoms in total. The van der Waals surface area contributed by atoms with E-state index in [9.17, 15) is 4.79 Å². The summed E-state index contributed by atoms with van der Waals surface area (Å²) in [6, 6.07) is 7.91. The van der Waals surface area contributed by atoms with Gasteiger partial charge in [-0.2, -0.15) is 0 Å². The molecule has 1 fully saturated rings. The van der Waals surface area contributed by atoms with Crippen LogP contribution in [0, 0.1) is 5.92 Å². The van der Waals surface area contributed by atoms with E-state index in [1.807, 2.05) is 24.3 Å². The number of nitrogens with two attached hydrogens (primary N) is 1. The molecule has 2 rings (SSSR count). The molecule has 0 saturated heterocycles. The molecule has 0 unspecified atom stereocenters. The van der Waals surface area contributed by atoms with E-state index in [1.54, 1.807) is 7.11 Å². The predicted molar refractivity (Wildman–Crippen MR) is 85.6 cm³/mol. The highest BCUT2D eigenvalue weighted by Crippen LogP contribution is 2.26. The molecule has 5 heteroatoms. The van der Waals surface area contributed by atoms with E-state index in [1.165, 1.54) is 0 Å². The van der Waals surface area contributed by atoms with Gasteiger partial charge in [-0.3, -0.25) is 4.79 Å². The molecule has 0 spiro atoms. The van der Waals surface area contributed by atoms with Gasteiger partial charge in [-0.1, -0.05) is 24.6 Å². The van der Waals surface area contributed by atoms with Crippen LogP contribution in [0.3, 0.4) is 0 Å². The highest BCUT2D eigenvalue weighted by molar-refractivity contribution is 5.76. The van der Waals surface area contributed by atoms with Gasteiger partial charge in [-0.05, 0) is 24.8 Å². The fourth-order valence-electron chi connectivity index (χ4n) is 2.85. The Kier molecular flexibility index (Phi) is 6.68. The monoisotopic (exact) mass is 306 g/mol. The van der Waals surface area contributed by atoms with E-state index in [0.717, 1.165) is 30.6 Å². The molecular formula is C17H26N2O3. The van der Waals surface area contributed by atoms with Crippen LogP contribution in [0.4, 0.5) is 0 Å². The lowest BCUT2D eigenvalue weighted by Crippen LogP contribution is -2.31. The third kappa shape index (κ3) is 5.00. The molecule has 0 radical (unpaired) electrons. The molecule has 0 aliphatic heterocycles. The van der Waals surface area contributed by atoms with Crippen LogP contribution in [0.5, 0.6) is 5.75 Å². The summed E-state index contributed by atoms with van der Waals surface area (Å²) in [6.45, 7) is 1.52. The van der Waals surface area contributed by atoms with Crippen molar-refractivity contribution in [2.75, 3.05) is 20.3 Å².